The van der Waals surface area contributed by atoms with Crippen LogP contribution in [0, 0.1) is 11.8 Å². The molecule has 88 valence electrons. The van der Waals surface area contributed by atoms with E-state index in [2.05, 4.69) is 32.9 Å². The van der Waals surface area contributed by atoms with E-state index in [1.807, 2.05) is 54.6 Å². The van der Waals surface area contributed by atoms with Crippen LogP contribution in [-0.2, 0) is 0 Å². The number of halogens is 1. The lowest BCUT2D eigenvalue weighted by atomic mass is 10.1. The molecular formula is C15H10BrNO. The zero-order valence-electron chi connectivity index (χ0n) is 9.47. The van der Waals surface area contributed by atoms with Crippen molar-refractivity contribution < 1.29 is 5.21 Å². The lowest BCUT2D eigenvalue weighted by Gasteiger charge is -1.97. The SMILES string of the molecule is O/N=C(\C#Cc1ccccc1)c1cccc(Br)c1. The summed E-state index contributed by atoms with van der Waals surface area (Å²) in [7, 11) is 0. The van der Waals surface area contributed by atoms with Gasteiger partial charge in [0.05, 0.1) is 0 Å². The molecule has 0 amide bonds. The molecule has 0 unspecified atom stereocenters. The Morgan fingerprint density at radius 1 is 1.06 bits per heavy atom. The number of nitrogens with zero attached hydrogens (tertiary/aromatic N) is 1. The molecule has 0 aromatic heterocycles. The average Bonchev–Trinajstić information content (AvgIpc) is 2.41. The molecule has 0 aliphatic rings. The van der Waals surface area contributed by atoms with Crippen molar-refractivity contribution >= 4 is 21.6 Å². The zero-order valence-corrected chi connectivity index (χ0v) is 11.1. The molecule has 0 aliphatic heterocycles. The van der Waals surface area contributed by atoms with E-state index in [-0.39, 0.29) is 0 Å². The lowest BCUT2D eigenvalue weighted by Crippen LogP contribution is -1.97. The summed E-state index contributed by atoms with van der Waals surface area (Å²) < 4.78 is 0.919. The van der Waals surface area contributed by atoms with E-state index in [1.54, 1.807) is 0 Å². The van der Waals surface area contributed by atoms with Gasteiger partial charge in [0.15, 0.2) is 5.71 Å². The number of hydrogen-bond acceptors (Lipinski definition) is 2. The summed E-state index contributed by atoms with van der Waals surface area (Å²) in [4.78, 5) is 0. The molecule has 0 aliphatic carbocycles. The highest BCUT2D eigenvalue weighted by Crippen LogP contribution is 2.12. The van der Waals surface area contributed by atoms with E-state index in [1.165, 1.54) is 0 Å². The monoisotopic (exact) mass is 299 g/mol. The van der Waals surface area contributed by atoms with Crippen molar-refractivity contribution in [3.8, 4) is 11.8 Å². The largest absolute Gasteiger partial charge is 0.410 e. The number of benzene rings is 2. The standard InChI is InChI=1S/C15H10BrNO/c16-14-8-4-7-13(11-14)15(17-18)10-9-12-5-2-1-3-6-12/h1-8,11,18H/b17-15+. The number of rotatable bonds is 1. The van der Waals surface area contributed by atoms with Crippen molar-refractivity contribution in [1.29, 1.82) is 0 Å². The first-order valence-electron chi connectivity index (χ1n) is 5.34. The molecule has 0 bridgehead atoms. The van der Waals surface area contributed by atoms with E-state index < -0.39 is 0 Å². The molecular weight excluding hydrogens is 290 g/mol. The van der Waals surface area contributed by atoms with Crippen LogP contribution in [-0.4, -0.2) is 10.9 Å². The Hall–Kier alpha value is -2.05. The van der Waals surface area contributed by atoms with Crippen LogP contribution >= 0.6 is 15.9 Å². The summed E-state index contributed by atoms with van der Waals surface area (Å²) in [5.41, 5.74) is 2.00. The fourth-order valence-corrected chi connectivity index (χ4v) is 1.84. The lowest BCUT2D eigenvalue weighted by molar-refractivity contribution is 0.320. The topological polar surface area (TPSA) is 32.6 Å². The van der Waals surface area contributed by atoms with Gasteiger partial charge in [0, 0.05) is 15.6 Å². The van der Waals surface area contributed by atoms with Gasteiger partial charge in [0.1, 0.15) is 0 Å². The van der Waals surface area contributed by atoms with Crippen molar-refractivity contribution in [2.45, 2.75) is 0 Å². The normalized spacial score (nSPS) is 10.6. The molecule has 3 heteroatoms. The average molecular weight is 300 g/mol. The zero-order chi connectivity index (χ0) is 12.8. The van der Waals surface area contributed by atoms with Crippen LogP contribution in [0.3, 0.4) is 0 Å². The van der Waals surface area contributed by atoms with E-state index in [0.29, 0.717) is 5.71 Å². The third-order valence-corrected chi connectivity index (χ3v) is 2.79. The maximum Gasteiger partial charge on any atom is 0.160 e. The fourth-order valence-electron chi connectivity index (χ4n) is 1.44. The van der Waals surface area contributed by atoms with Gasteiger partial charge in [-0.25, -0.2) is 0 Å². The van der Waals surface area contributed by atoms with Gasteiger partial charge in [-0.3, -0.25) is 0 Å². The molecule has 2 aromatic rings. The smallest absolute Gasteiger partial charge is 0.160 e. The van der Waals surface area contributed by atoms with Gasteiger partial charge in [-0.15, -0.1) is 0 Å². The Morgan fingerprint density at radius 2 is 1.83 bits per heavy atom. The van der Waals surface area contributed by atoms with Gasteiger partial charge in [-0.05, 0) is 30.2 Å². The molecule has 0 radical (unpaired) electrons. The molecule has 0 saturated carbocycles. The van der Waals surface area contributed by atoms with Crippen LogP contribution in [0.4, 0.5) is 0 Å². The molecule has 2 aromatic carbocycles. The van der Waals surface area contributed by atoms with Gasteiger partial charge in [0.25, 0.3) is 0 Å². The Labute approximate surface area is 114 Å². The number of hydrogen-bond donors (Lipinski definition) is 1. The van der Waals surface area contributed by atoms with Crippen LogP contribution in [0.5, 0.6) is 0 Å². The van der Waals surface area contributed by atoms with E-state index in [0.717, 1.165) is 15.6 Å². The first kappa shape index (κ1) is 12.4. The summed E-state index contributed by atoms with van der Waals surface area (Å²) >= 11 is 3.37. The van der Waals surface area contributed by atoms with Crippen molar-refractivity contribution in [3.63, 3.8) is 0 Å². The van der Waals surface area contributed by atoms with Crippen LogP contribution in [0.1, 0.15) is 11.1 Å². The highest BCUT2D eigenvalue weighted by Gasteiger charge is 2.00. The van der Waals surface area contributed by atoms with Crippen LogP contribution in [0.25, 0.3) is 0 Å². The molecule has 0 spiro atoms. The maximum absolute atomic E-state index is 9.02. The molecule has 1 N–H and O–H groups in total. The van der Waals surface area contributed by atoms with Gasteiger partial charge < -0.3 is 5.21 Å². The minimum atomic E-state index is 0.347. The van der Waals surface area contributed by atoms with Gasteiger partial charge in [-0.1, -0.05) is 57.3 Å². The highest BCUT2D eigenvalue weighted by atomic mass is 79.9. The molecule has 0 saturated heterocycles. The van der Waals surface area contributed by atoms with Crippen LogP contribution in [0.15, 0.2) is 64.2 Å². The minimum Gasteiger partial charge on any atom is -0.410 e. The first-order chi connectivity index (χ1) is 8.79. The Kier molecular flexibility index (Phi) is 4.16. The second-order valence-corrected chi connectivity index (χ2v) is 4.49. The van der Waals surface area contributed by atoms with Crippen molar-refractivity contribution in [2.24, 2.45) is 5.16 Å². The molecule has 0 atom stereocenters. The molecule has 0 fully saturated rings. The Morgan fingerprint density at radius 3 is 2.50 bits per heavy atom. The van der Waals surface area contributed by atoms with Crippen molar-refractivity contribution in [3.05, 3.63) is 70.2 Å². The van der Waals surface area contributed by atoms with Gasteiger partial charge >= 0.3 is 0 Å². The third kappa shape index (κ3) is 3.22. The van der Waals surface area contributed by atoms with Gasteiger partial charge in [0.2, 0.25) is 0 Å². The summed E-state index contributed by atoms with van der Waals surface area (Å²) in [6.07, 6.45) is 0. The molecule has 2 rings (SSSR count). The third-order valence-electron chi connectivity index (χ3n) is 2.30. The fraction of sp³-hybridized carbons (Fsp3) is 0. The second kappa shape index (κ2) is 6.04. The van der Waals surface area contributed by atoms with Gasteiger partial charge in [-0.2, -0.15) is 0 Å². The first-order valence-corrected chi connectivity index (χ1v) is 6.14. The van der Waals surface area contributed by atoms with E-state index >= 15 is 0 Å². The predicted octanol–water partition coefficient (Wildman–Crippen LogP) is 3.68. The maximum atomic E-state index is 9.02. The highest BCUT2D eigenvalue weighted by molar-refractivity contribution is 9.10. The summed E-state index contributed by atoms with van der Waals surface area (Å²) in [5.74, 6) is 5.82. The summed E-state index contributed by atoms with van der Waals surface area (Å²) in [6, 6.07) is 17.1. The van der Waals surface area contributed by atoms with Crippen LogP contribution in [0.2, 0.25) is 0 Å². The Balaban J connectivity index is 2.30. The minimum absolute atomic E-state index is 0.347. The Bertz CT molecular complexity index is 624. The van der Waals surface area contributed by atoms with Crippen molar-refractivity contribution in [2.75, 3.05) is 0 Å². The summed E-state index contributed by atoms with van der Waals surface area (Å²) in [6.45, 7) is 0. The number of oxime groups is 1. The molecule has 2 nitrogen and oxygen atoms in total. The molecule has 18 heavy (non-hydrogen) atoms. The van der Waals surface area contributed by atoms with Crippen LogP contribution < -0.4 is 0 Å². The predicted molar refractivity (Wildman–Crippen MR) is 75.8 cm³/mol. The second-order valence-electron chi connectivity index (χ2n) is 3.57. The van der Waals surface area contributed by atoms with E-state index in [9.17, 15) is 0 Å². The quantitative estimate of drug-likeness (QED) is 0.370. The van der Waals surface area contributed by atoms with Crippen molar-refractivity contribution in [1.82, 2.24) is 0 Å². The van der Waals surface area contributed by atoms with E-state index in [4.69, 9.17) is 5.21 Å². The summed E-state index contributed by atoms with van der Waals surface area (Å²) in [5, 5.41) is 12.3. The molecule has 0 heterocycles.